The van der Waals surface area contributed by atoms with E-state index in [1.54, 1.807) is 6.07 Å². The number of fused-ring (bicyclic) bond motifs is 2. The molecule has 1 unspecified atom stereocenters. The minimum Gasteiger partial charge on any atom is -0.324 e. The molecule has 36 heavy (non-hydrogen) atoms. The van der Waals surface area contributed by atoms with Gasteiger partial charge in [-0.15, -0.1) is 0 Å². The molecule has 1 spiro atoms. The molecule has 188 valence electrons. The van der Waals surface area contributed by atoms with Gasteiger partial charge in [-0.05, 0) is 55.0 Å². The molecule has 5 rings (SSSR count). The first kappa shape index (κ1) is 24.0. The van der Waals surface area contributed by atoms with Gasteiger partial charge in [0.05, 0.1) is 4.90 Å². The number of carbonyl (C=O) groups is 3. The maximum atomic E-state index is 13.3. The summed E-state index contributed by atoms with van der Waals surface area (Å²) in [5, 5.41) is 5.38. The Kier molecular flexibility index (Phi) is 6.25. The van der Waals surface area contributed by atoms with Crippen LogP contribution in [0.25, 0.3) is 0 Å². The van der Waals surface area contributed by atoms with Gasteiger partial charge in [-0.2, -0.15) is 0 Å². The molecule has 10 nitrogen and oxygen atoms in total. The largest absolute Gasteiger partial charge is 0.325 e. The zero-order chi connectivity index (χ0) is 25.3. The third kappa shape index (κ3) is 4.46. The van der Waals surface area contributed by atoms with Gasteiger partial charge in [0.25, 0.3) is 15.9 Å². The van der Waals surface area contributed by atoms with Gasteiger partial charge in [-0.3, -0.25) is 24.2 Å². The van der Waals surface area contributed by atoms with Crippen molar-refractivity contribution in [1.29, 1.82) is 0 Å². The third-order valence-corrected chi connectivity index (χ3v) is 8.16. The van der Waals surface area contributed by atoms with Gasteiger partial charge in [0.15, 0.2) is 0 Å². The highest BCUT2D eigenvalue weighted by molar-refractivity contribution is 7.90. The van der Waals surface area contributed by atoms with Gasteiger partial charge < -0.3 is 10.6 Å². The molecular formula is C25H27N5O5S. The van der Waals surface area contributed by atoms with E-state index in [2.05, 4.69) is 20.3 Å². The lowest BCUT2D eigenvalue weighted by atomic mass is 9.92. The van der Waals surface area contributed by atoms with Gasteiger partial charge in [0, 0.05) is 18.7 Å². The van der Waals surface area contributed by atoms with Gasteiger partial charge in [-0.1, -0.05) is 36.8 Å². The summed E-state index contributed by atoms with van der Waals surface area (Å²) in [5.41, 5.74) is 0.849. The molecule has 4 amide bonds. The zero-order valence-corrected chi connectivity index (χ0v) is 20.4. The van der Waals surface area contributed by atoms with Gasteiger partial charge in [0.1, 0.15) is 17.9 Å². The van der Waals surface area contributed by atoms with Crippen LogP contribution in [0.3, 0.4) is 0 Å². The molecule has 3 N–H and O–H groups in total. The second-order valence-corrected chi connectivity index (χ2v) is 10.9. The van der Waals surface area contributed by atoms with Crippen molar-refractivity contribution in [3.63, 3.8) is 0 Å². The summed E-state index contributed by atoms with van der Waals surface area (Å²) in [6.07, 6.45) is 4.46. The summed E-state index contributed by atoms with van der Waals surface area (Å²) in [4.78, 5) is 43.9. The first-order valence-electron chi connectivity index (χ1n) is 12.0. The molecule has 0 saturated carbocycles. The Labute approximate surface area is 209 Å². The van der Waals surface area contributed by atoms with E-state index in [4.69, 9.17) is 0 Å². The number of hydrogen-bond acceptors (Lipinski definition) is 6. The smallest absolute Gasteiger partial charge is 0.324 e. The Hall–Kier alpha value is -3.73. The number of sulfonamides is 1. The second kappa shape index (κ2) is 9.38. The minimum atomic E-state index is -3.88. The Morgan fingerprint density at radius 1 is 1.06 bits per heavy atom. The Morgan fingerprint density at radius 2 is 1.89 bits per heavy atom. The molecule has 11 heteroatoms. The molecule has 1 saturated heterocycles. The van der Waals surface area contributed by atoms with Crippen molar-refractivity contribution in [2.45, 2.75) is 49.0 Å². The summed E-state index contributed by atoms with van der Waals surface area (Å²) in [6, 6.07) is 12.6. The highest BCUT2D eigenvalue weighted by atomic mass is 32.2. The molecule has 2 aliphatic heterocycles. The van der Waals surface area contributed by atoms with Crippen LogP contribution in [0, 0.1) is 0 Å². The van der Waals surface area contributed by atoms with Crippen LogP contribution >= 0.6 is 0 Å². The predicted octanol–water partition coefficient (Wildman–Crippen LogP) is 2.27. The van der Waals surface area contributed by atoms with Crippen LogP contribution in [0.15, 0.2) is 58.4 Å². The number of carbonyl (C=O) groups excluding carboxylic acids is 3. The standard InChI is InChI=1S/C25H27N5O5S/c31-22(16-30-23(32)25(28-24(30)33)13-12-17-7-3-4-10-20(17)25)27-18-8-6-9-19(15-18)36(34,35)29-21-11-2-1-5-14-26-21/h3-4,6-10,15H,1-2,5,11-14,16H2,(H,26,29)(H,27,31)(H,28,33). The van der Waals surface area contributed by atoms with E-state index in [1.807, 2.05) is 24.3 Å². The summed E-state index contributed by atoms with van der Waals surface area (Å²) in [6.45, 7) is 0.101. The molecule has 1 fully saturated rings. The molecule has 3 aliphatic rings. The van der Waals surface area contributed by atoms with Crippen molar-refractivity contribution >= 4 is 39.4 Å². The minimum absolute atomic E-state index is 0.0243. The average molecular weight is 510 g/mol. The van der Waals surface area contributed by atoms with E-state index in [9.17, 15) is 22.8 Å². The number of amidine groups is 1. The highest BCUT2D eigenvalue weighted by Gasteiger charge is 2.55. The average Bonchev–Trinajstić information content (AvgIpc) is 3.19. The molecule has 2 aromatic rings. The lowest BCUT2D eigenvalue weighted by molar-refractivity contribution is -0.134. The number of amides is 4. The molecular weight excluding hydrogens is 482 g/mol. The lowest BCUT2D eigenvalue weighted by Crippen LogP contribution is -2.43. The molecule has 0 radical (unpaired) electrons. The summed E-state index contributed by atoms with van der Waals surface area (Å²) in [5.74, 6) is -0.641. The van der Waals surface area contributed by atoms with Crippen LogP contribution < -0.4 is 15.4 Å². The van der Waals surface area contributed by atoms with E-state index in [1.165, 1.54) is 18.2 Å². The van der Waals surface area contributed by atoms with Gasteiger partial charge in [0.2, 0.25) is 5.91 Å². The van der Waals surface area contributed by atoms with Gasteiger partial charge in [-0.25, -0.2) is 13.2 Å². The van der Waals surface area contributed by atoms with Crippen LogP contribution in [-0.2, 0) is 31.6 Å². The van der Waals surface area contributed by atoms with Gasteiger partial charge >= 0.3 is 6.03 Å². The maximum Gasteiger partial charge on any atom is 0.325 e. The van der Waals surface area contributed by atoms with Crippen molar-refractivity contribution in [1.82, 2.24) is 14.9 Å². The molecule has 0 bridgehead atoms. The number of hydrogen-bond donors (Lipinski definition) is 3. The van der Waals surface area contributed by atoms with Crippen LogP contribution in [0.5, 0.6) is 0 Å². The number of nitrogens with one attached hydrogen (secondary N) is 3. The Bertz CT molecular complexity index is 1370. The Morgan fingerprint density at radius 3 is 2.75 bits per heavy atom. The third-order valence-electron chi connectivity index (χ3n) is 6.78. The fourth-order valence-corrected chi connectivity index (χ4v) is 6.12. The van der Waals surface area contributed by atoms with Crippen LogP contribution in [0.4, 0.5) is 10.5 Å². The van der Waals surface area contributed by atoms with E-state index in [0.29, 0.717) is 31.6 Å². The van der Waals surface area contributed by atoms with Crippen LogP contribution in [0.2, 0.25) is 0 Å². The fourth-order valence-electron chi connectivity index (χ4n) is 4.99. The summed E-state index contributed by atoms with van der Waals surface area (Å²) >= 11 is 0. The van der Waals surface area contributed by atoms with E-state index in [0.717, 1.165) is 35.3 Å². The SMILES string of the molecule is O=C(CN1C(=O)NC2(CCc3ccccc32)C1=O)Nc1cccc(S(=O)(=O)NC2=NCCCCC2)c1. The van der Waals surface area contributed by atoms with Crippen LogP contribution in [-0.4, -0.2) is 50.1 Å². The van der Waals surface area contributed by atoms with E-state index >= 15 is 0 Å². The predicted molar refractivity (Wildman–Crippen MR) is 133 cm³/mol. The monoisotopic (exact) mass is 509 g/mol. The first-order valence-corrected chi connectivity index (χ1v) is 13.5. The number of urea groups is 1. The van der Waals surface area contributed by atoms with Crippen molar-refractivity contribution in [3.05, 3.63) is 59.7 Å². The highest BCUT2D eigenvalue weighted by Crippen LogP contribution is 2.41. The quantitative estimate of drug-likeness (QED) is 0.531. The normalized spacial score (nSPS) is 21.6. The van der Waals surface area contributed by atoms with Crippen molar-refractivity contribution in [2.24, 2.45) is 4.99 Å². The zero-order valence-electron chi connectivity index (χ0n) is 19.6. The lowest BCUT2D eigenvalue weighted by Gasteiger charge is -2.22. The molecule has 2 aromatic carbocycles. The van der Waals surface area contributed by atoms with Crippen LogP contribution in [0.1, 0.15) is 43.2 Å². The number of imide groups is 1. The molecule has 0 aromatic heterocycles. The van der Waals surface area contributed by atoms with Crippen molar-refractivity contribution < 1.29 is 22.8 Å². The van der Waals surface area contributed by atoms with Crippen molar-refractivity contribution in [2.75, 3.05) is 18.4 Å². The Balaban J connectivity index is 1.27. The summed E-state index contributed by atoms with van der Waals surface area (Å²) < 4.78 is 28.2. The second-order valence-electron chi connectivity index (χ2n) is 9.20. The molecule has 1 aliphatic carbocycles. The fraction of sp³-hybridized carbons (Fsp3) is 0.360. The van der Waals surface area contributed by atoms with E-state index in [-0.39, 0.29) is 10.6 Å². The summed E-state index contributed by atoms with van der Waals surface area (Å²) in [7, 11) is -3.88. The van der Waals surface area contributed by atoms with Crippen molar-refractivity contribution in [3.8, 4) is 0 Å². The molecule has 2 heterocycles. The number of nitrogens with zero attached hydrogens (tertiary/aromatic N) is 2. The van der Waals surface area contributed by atoms with E-state index < -0.39 is 40.0 Å². The maximum absolute atomic E-state index is 13.3. The number of aryl methyl sites for hydroxylation is 1. The topological polar surface area (TPSA) is 137 Å². The number of anilines is 1. The first-order chi connectivity index (χ1) is 17.3. The molecule has 1 atom stereocenters. The number of benzene rings is 2. The number of rotatable bonds is 5. The number of aliphatic imine (C=N–C) groups is 1.